The van der Waals surface area contributed by atoms with Gasteiger partial charge in [0.1, 0.15) is 11.6 Å². The normalized spacial score (nSPS) is 25.5. The second kappa shape index (κ2) is 6.41. The lowest BCUT2D eigenvalue weighted by atomic mass is 9.79. The number of anilines is 1. The summed E-state index contributed by atoms with van der Waals surface area (Å²) in [5.41, 5.74) is -0.0952. The maximum atomic E-state index is 13.9. The number of hydrogen-bond donors (Lipinski definition) is 1. The van der Waals surface area contributed by atoms with Gasteiger partial charge in [0.05, 0.1) is 18.4 Å². The Morgan fingerprint density at radius 3 is 2.52 bits per heavy atom. The number of benzene rings is 1. The van der Waals surface area contributed by atoms with Gasteiger partial charge in [-0.15, -0.1) is 0 Å². The third kappa shape index (κ3) is 3.52. The summed E-state index contributed by atoms with van der Waals surface area (Å²) in [6.45, 7) is 4.40. The van der Waals surface area contributed by atoms with Gasteiger partial charge >= 0.3 is 5.97 Å². The van der Waals surface area contributed by atoms with Crippen LogP contribution in [0.25, 0.3) is 0 Å². The van der Waals surface area contributed by atoms with Gasteiger partial charge in [-0.05, 0) is 37.2 Å². The van der Waals surface area contributed by atoms with Crippen LogP contribution in [0.1, 0.15) is 43.5 Å². The lowest BCUT2D eigenvalue weighted by Gasteiger charge is -2.33. The summed E-state index contributed by atoms with van der Waals surface area (Å²) in [5, 5.41) is 3.10. The molecule has 0 amide bonds. The molecule has 0 saturated heterocycles. The van der Waals surface area contributed by atoms with Crippen LogP contribution >= 0.6 is 0 Å². The summed E-state index contributed by atoms with van der Waals surface area (Å²) in [7, 11) is 1.17. The molecule has 0 heterocycles. The Bertz CT molecular complexity index is 533. The van der Waals surface area contributed by atoms with Crippen molar-refractivity contribution in [1.29, 1.82) is 0 Å². The zero-order valence-corrected chi connectivity index (χ0v) is 12.6. The van der Waals surface area contributed by atoms with Crippen molar-refractivity contribution in [3.8, 4) is 0 Å². The lowest BCUT2D eigenvalue weighted by Crippen LogP contribution is -2.30. The van der Waals surface area contributed by atoms with Gasteiger partial charge in [0.25, 0.3) is 0 Å². The molecular formula is C16H21F2NO2. The van der Waals surface area contributed by atoms with Crippen molar-refractivity contribution in [1.82, 2.24) is 0 Å². The summed E-state index contributed by atoms with van der Waals surface area (Å²) in [6.07, 6.45) is 2.95. The molecule has 5 heteroatoms. The molecule has 3 atom stereocenters. The Hall–Kier alpha value is -1.65. The highest BCUT2D eigenvalue weighted by Gasteiger charge is 2.25. The highest BCUT2D eigenvalue weighted by atomic mass is 19.1. The Balaban J connectivity index is 2.18. The number of esters is 1. The average Bonchev–Trinajstić information content (AvgIpc) is 2.45. The predicted octanol–water partition coefficient (Wildman–Crippen LogP) is 3.99. The fraction of sp³-hybridized carbons (Fsp3) is 0.562. The first-order valence-electron chi connectivity index (χ1n) is 7.26. The molecule has 1 aliphatic carbocycles. The summed E-state index contributed by atoms with van der Waals surface area (Å²) >= 11 is 0. The van der Waals surface area contributed by atoms with Crippen molar-refractivity contribution in [2.75, 3.05) is 12.4 Å². The third-order valence-corrected chi connectivity index (χ3v) is 4.42. The molecule has 116 valence electrons. The fourth-order valence-corrected chi connectivity index (χ4v) is 2.82. The van der Waals surface area contributed by atoms with Crippen LogP contribution in [-0.4, -0.2) is 19.1 Å². The smallest absolute Gasteiger partial charge is 0.340 e. The van der Waals surface area contributed by atoms with E-state index in [-0.39, 0.29) is 17.3 Å². The molecule has 1 aromatic rings. The number of carbonyl (C=O) groups excluding carboxylic acids is 1. The Labute approximate surface area is 123 Å². The summed E-state index contributed by atoms with van der Waals surface area (Å²) in [6, 6.07) is 2.06. The van der Waals surface area contributed by atoms with Gasteiger partial charge in [0, 0.05) is 12.1 Å². The van der Waals surface area contributed by atoms with Crippen LogP contribution in [0.3, 0.4) is 0 Å². The van der Waals surface area contributed by atoms with Crippen LogP contribution in [0.5, 0.6) is 0 Å². The van der Waals surface area contributed by atoms with E-state index in [9.17, 15) is 13.6 Å². The number of nitrogens with one attached hydrogen (secondary N) is 1. The molecule has 0 spiro atoms. The van der Waals surface area contributed by atoms with Crippen LogP contribution in [-0.2, 0) is 4.74 Å². The second-order valence-electron chi connectivity index (χ2n) is 5.91. The molecule has 1 fully saturated rings. The van der Waals surface area contributed by atoms with Crippen LogP contribution < -0.4 is 5.32 Å². The van der Waals surface area contributed by atoms with Crippen LogP contribution in [0.2, 0.25) is 0 Å². The monoisotopic (exact) mass is 297 g/mol. The van der Waals surface area contributed by atoms with Gasteiger partial charge in [0.2, 0.25) is 0 Å². The quantitative estimate of drug-likeness (QED) is 0.857. The molecule has 3 unspecified atom stereocenters. The third-order valence-electron chi connectivity index (χ3n) is 4.42. The highest BCUT2D eigenvalue weighted by Crippen LogP contribution is 2.32. The number of ether oxygens (including phenoxy) is 1. The number of carbonyl (C=O) groups is 1. The van der Waals surface area contributed by atoms with Gasteiger partial charge in [0.15, 0.2) is 0 Å². The average molecular weight is 297 g/mol. The molecule has 2 rings (SSSR count). The zero-order valence-electron chi connectivity index (χ0n) is 12.6. The number of methoxy groups -OCH3 is 1. The van der Waals surface area contributed by atoms with E-state index < -0.39 is 17.6 Å². The summed E-state index contributed by atoms with van der Waals surface area (Å²) in [5.74, 6) is -1.19. The highest BCUT2D eigenvalue weighted by molar-refractivity contribution is 5.90. The van der Waals surface area contributed by atoms with E-state index in [1.165, 1.54) is 13.2 Å². The first-order valence-corrected chi connectivity index (χ1v) is 7.26. The largest absolute Gasteiger partial charge is 0.465 e. The molecule has 0 bridgehead atoms. The number of halogens is 2. The Morgan fingerprint density at radius 1 is 1.19 bits per heavy atom. The van der Waals surface area contributed by atoms with Crippen molar-refractivity contribution >= 4 is 11.7 Å². The van der Waals surface area contributed by atoms with E-state index in [1.807, 2.05) is 0 Å². The SMILES string of the molecule is COC(=O)c1cc(NC2CCC(C)C(C)C2)c(F)cc1F. The molecule has 1 N–H and O–H groups in total. The van der Waals surface area contributed by atoms with E-state index in [1.54, 1.807) is 0 Å². The zero-order chi connectivity index (χ0) is 15.6. The maximum absolute atomic E-state index is 13.9. The summed E-state index contributed by atoms with van der Waals surface area (Å²) < 4.78 is 32.0. The first kappa shape index (κ1) is 15.7. The van der Waals surface area contributed by atoms with E-state index >= 15 is 0 Å². The fourth-order valence-electron chi connectivity index (χ4n) is 2.82. The number of hydrogen-bond acceptors (Lipinski definition) is 3. The molecule has 1 saturated carbocycles. The van der Waals surface area contributed by atoms with Gasteiger partial charge in [-0.1, -0.05) is 13.8 Å². The summed E-state index contributed by atoms with van der Waals surface area (Å²) in [4.78, 5) is 11.5. The van der Waals surface area contributed by atoms with Gasteiger partial charge in [-0.2, -0.15) is 0 Å². The standard InChI is InChI=1S/C16H21F2NO2/c1-9-4-5-11(6-10(9)2)19-15-7-12(16(20)21-3)13(17)8-14(15)18/h7-11,19H,4-6H2,1-3H3. The molecule has 1 aliphatic rings. The van der Waals surface area contributed by atoms with Crippen LogP contribution in [0, 0.1) is 23.5 Å². The minimum absolute atomic E-state index is 0.140. The topological polar surface area (TPSA) is 38.3 Å². The molecule has 21 heavy (non-hydrogen) atoms. The van der Waals surface area contributed by atoms with E-state index in [4.69, 9.17) is 0 Å². The van der Waals surface area contributed by atoms with E-state index in [0.29, 0.717) is 11.8 Å². The molecule has 0 aliphatic heterocycles. The van der Waals surface area contributed by atoms with Gasteiger partial charge in [-0.3, -0.25) is 0 Å². The van der Waals surface area contributed by atoms with Crippen molar-refractivity contribution in [3.63, 3.8) is 0 Å². The second-order valence-corrected chi connectivity index (χ2v) is 5.91. The molecular weight excluding hydrogens is 276 g/mol. The number of rotatable bonds is 3. The molecule has 0 aromatic heterocycles. The van der Waals surface area contributed by atoms with Crippen LogP contribution in [0.15, 0.2) is 12.1 Å². The van der Waals surface area contributed by atoms with Gasteiger partial charge < -0.3 is 10.1 Å². The van der Waals surface area contributed by atoms with Crippen molar-refractivity contribution in [3.05, 3.63) is 29.3 Å². The Kier molecular flexibility index (Phi) is 4.80. The predicted molar refractivity (Wildman–Crippen MR) is 77.3 cm³/mol. The minimum Gasteiger partial charge on any atom is -0.465 e. The Morgan fingerprint density at radius 2 is 1.90 bits per heavy atom. The van der Waals surface area contributed by atoms with Crippen molar-refractivity contribution < 1.29 is 18.3 Å². The van der Waals surface area contributed by atoms with Crippen molar-refractivity contribution in [2.24, 2.45) is 11.8 Å². The maximum Gasteiger partial charge on any atom is 0.340 e. The molecule has 0 radical (unpaired) electrons. The lowest BCUT2D eigenvalue weighted by molar-refractivity contribution is 0.0595. The molecule has 1 aromatic carbocycles. The van der Waals surface area contributed by atoms with Crippen molar-refractivity contribution in [2.45, 2.75) is 39.2 Å². The minimum atomic E-state index is -0.907. The van der Waals surface area contributed by atoms with E-state index in [2.05, 4.69) is 23.9 Å². The van der Waals surface area contributed by atoms with Gasteiger partial charge in [-0.25, -0.2) is 13.6 Å². The van der Waals surface area contributed by atoms with E-state index in [0.717, 1.165) is 25.3 Å². The first-order chi connectivity index (χ1) is 9.92. The molecule has 3 nitrogen and oxygen atoms in total. The van der Waals surface area contributed by atoms with Crippen LogP contribution in [0.4, 0.5) is 14.5 Å².